The molecule has 0 aliphatic rings. The third-order valence-electron chi connectivity index (χ3n) is 7.34. The number of rotatable bonds is 6. The summed E-state index contributed by atoms with van der Waals surface area (Å²) in [5.74, 6) is -0.126. The first-order valence-corrected chi connectivity index (χ1v) is 13.9. The van der Waals surface area contributed by atoms with Gasteiger partial charge in [0.05, 0.1) is 11.4 Å². The molecular formula is C37H25N5O. The van der Waals surface area contributed by atoms with Crippen molar-refractivity contribution in [1.29, 1.82) is 0 Å². The van der Waals surface area contributed by atoms with E-state index in [1.54, 1.807) is 37.2 Å². The molecule has 2 aromatic carbocycles. The fourth-order valence-electron chi connectivity index (χ4n) is 5.31. The SMILES string of the molecule is [O-]c1c(-c2ccccn2)cc(-[n+]2c(-c3ccncc3)cc(-c3ccccc3)cc2-c2ccncc2)cc1-c1ccccn1. The molecule has 0 saturated carbocycles. The Bertz CT molecular complexity index is 1880. The van der Waals surface area contributed by atoms with Gasteiger partial charge in [-0.2, -0.15) is 4.57 Å². The molecule has 0 amide bonds. The van der Waals surface area contributed by atoms with Gasteiger partial charge in [0.15, 0.2) is 0 Å². The molecule has 7 aromatic rings. The zero-order valence-corrected chi connectivity index (χ0v) is 23.1. The fourth-order valence-corrected chi connectivity index (χ4v) is 5.31. The summed E-state index contributed by atoms with van der Waals surface area (Å²) in [5.41, 5.74) is 9.00. The average Bonchev–Trinajstić information content (AvgIpc) is 3.10. The molecule has 204 valence electrons. The molecule has 0 bridgehead atoms. The van der Waals surface area contributed by atoms with E-state index in [2.05, 4.69) is 48.8 Å². The molecule has 0 fully saturated rings. The third kappa shape index (κ3) is 5.13. The lowest BCUT2D eigenvalue weighted by atomic mass is 9.97. The first kappa shape index (κ1) is 25.9. The number of hydrogen-bond donors (Lipinski definition) is 0. The molecule has 0 unspecified atom stereocenters. The van der Waals surface area contributed by atoms with Crippen LogP contribution in [-0.4, -0.2) is 19.9 Å². The highest BCUT2D eigenvalue weighted by Gasteiger charge is 2.27. The minimum Gasteiger partial charge on any atom is -0.872 e. The molecule has 0 saturated heterocycles. The van der Waals surface area contributed by atoms with E-state index < -0.39 is 0 Å². The maximum atomic E-state index is 14.0. The van der Waals surface area contributed by atoms with Crippen molar-refractivity contribution in [3.63, 3.8) is 0 Å². The molecule has 0 aliphatic carbocycles. The normalized spacial score (nSPS) is 10.9. The Kier molecular flexibility index (Phi) is 6.91. The smallest absolute Gasteiger partial charge is 0.219 e. The predicted octanol–water partition coefficient (Wildman–Crippen LogP) is 6.95. The molecule has 0 aliphatic heterocycles. The van der Waals surface area contributed by atoms with E-state index in [1.807, 2.05) is 91.0 Å². The van der Waals surface area contributed by atoms with Gasteiger partial charge in [-0.05, 0) is 70.8 Å². The molecule has 43 heavy (non-hydrogen) atoms. The largest absolute Gasteiger partial charge is 0.872 e. The second-order valence-corrected chi connectivity index (χ2v) is 9.99. The van der Waals surface area contributed by atoms with Gasteiger partial charge in [0.1, 0.15) is 0 Å². The first-order valence-electron chi connectivity index (χ1n) is 13.9. The zero-order chi connectivity index (χ0) is 29.0. The summed E-state index contributed by atoms with van der Waals surface area (Å²) in [6.45, 7) is 0. The van der Waals surface area contributed by atoms with Gasteiger partial charge in [0.2, 0.25) is 17.1 Å². The Morgan fingerprint density at radius 1 is 0.442 bits per heavy atom. The molecule has 7 rings (SSSR count). The number of aromatic nitrogens is 5. The van der Waals surface area contributed by atoms with Crippen LogP contribution in [0.5, 0.6) is 5.75 Å². The topological polar surface area (TPSA) is 78.5 Å². The Hall–Kier alpha value is -6.01. The van der Waals surface area contributed by atoms with Gasteiger partial charge in [-0.15, -0.1) is 0 Å². The van der Waals surface area contributed by atoms with E-state index in [0.29, 0.717) is 22.5 Å². The maximum absolute atomic E-state index is 14.0. The Morgan fingerprint density at radius 2 is 0.930 bits per heavy atom. The Morgan fingerprint density at radius 3 is 1.40 bits per heavy atom. The number of nitrogens with zero attached hydrogens (tertiary/aromatic N) is 5. The highest BCUT2D eigenvalue weighted by Crippen LogP contribution is 2.38. The van der Waals surface area contributed by atoms with Gasteiger partial charge in [-0.25, -0.2) is 0 Å². The molecule has 5 heterocycles. The third-order valence-corrected chi connectivity index (χ3v) is 7.34. The molecule has 0 spiro atoms. The van der Waals surface area contributed by atoms with Crippen LogP contribution in [0.1, 0.15) is 0 Å². The van der Waals surface area contributed by atoms with Crippen molar-refractivity contribution in [2.24, 2.45) is 0 Å². The molecular weight excluding hydrogens is 530 g/mol. The Balaban J connectivity index is 1.60. The van der Waals surface area contributed by atoms with Gasteiger partial charge < -0.3 is 5.11 Å². The average molecular weight is 556 g/mol. The molecule has 6 nitrogen and oxygen atoms in total. The standard InChI is InChI=1S/C37H25N5O/c43-37-31(33-10-4-6-16-40-33)24-30(25-32(37)34-11-5-7-17-41-34)42-35(27-12-18-38-19-13-27)22-29(26-8-2-1-3-9-26)23-36(42)28-14-20-39-21-15-28/h1-25H. The summed E-state index contributed by atoms with van der Waals surface area (Å²) in [5, 5.41) is 14.0. The van der Waals surface area contributed by atoms with Crippen molar-refractivity contribution < 1.29 is 9.67 Å². The van der Waals surface area contributed by atoms with Crippen molar-refractivity contribution in [1.82, 2.24) is 19.9 Å². The van der Waals surface area contributed by atoms with E-state index in [-0.39, 0.29) is 5.75 Å². The van der Waals surface area contributed by atoms with E-state index in [4.69, 9.17) is 0 Å². The predicted molar refractivity (Wildman–Crippen MR) is 166 cm³/mol. The summed E-state index contributed by atoms with van der Waals surface area (Å²) in [4.78, 5) is 17.7. The molecule has 0 N–H and O–H groups in total. The van der Waals surface area contributed by atoms with Gasteiger partial charge in [0.25, 0.3) is 0 Å². The summed E-state index contributed by atoms with van der Waals surface area (Å²) < 4.78 is 2.19. The first-order chi connectivity index (χ1) is 21.3. The van der Waals surface area contributed by atoms with Gasteiger partial charge in [-0.3, -0.25) is 19.9 Å². The number of hydrogen-bond acceptors (Lipinski definition) is 5. The fraction of sp³-hybridized carbons (Fsp3) is 0. The number of pyridine rings is 5. The number of benzene rings is 2. The van der Waals surface area contributed by atoms with Gasteiger partial charge in [0, 0.05) is 72.6 Å². The highest BCUT2D eigenvalue weighted by molar-refractivity contribution is 5.81. The summed E-state index contributed by atoms with van der Waals surface area (Å²) in [7, 11) is 0. The minimum atomic E-state index is -0.126. The van der Waals surface area contributed by atoms with E-state index in [9.17, 15) is 5.11 Å². The molecule has 0 atom stereocenters. The maximum Gasteiger partial charge on any atom is 0.219 e. The molecule has 5 aromatic heterocycles. The van der Waals surface area contributed by atoms with Crippen LogP contribution < -0.4 is 9.67 Å². The van der Waals surface area contributed by atoms with E-state index >= 15 is 0 Å². The minimum absolute atomic E-state index is 0.126. The summed E-state index contributed by atoms with van der Waals surface area (Å²) in [6, 6.07) is 37.7. The van der Waals surface area contributed by atoms with Crippen LogP contribution >= 0.6 is 0 Å². The van der Waals surface area contributed by atoms with Crippen LogP contribution in [0.3, 0.4) is 0 Å². The second-order valence-electron chi connectivity index (χ2n) is 9.99. The van der Waals surface area contributed by atoms with Crippen molar-refractivity contribution in [2.45, 2.75) is 0 Å². The summed E-state index contributed by atoms with van der Waals surface area (Å²) >= 11 is 0. The van der Waals surface area contributed by atoms with Crippen molar-refractivity contribution in [2.75, 3.05) is 0 Å². The van der Waals surface area contributed by atoms with Crippen LogP contribution in [0.15, 0.2) is 152 Å². The lowest BCUT2D eigenvalue weighted by Crippen LogP contribution is -2.36. The lowest BCUT2D eigenvalue weighted by molar-refractivity contribution is -0.572. The van der Waals surface area contributed by atoms with Gasteiger partial charge >= 0.3 is 0 Å². The highest BCUT2D eigenvalue weighted by atomic mass is 16.3. The lowest BCUT2D eigenvalue weighted by Gasteiger charge is -2.20. The second kappa shape index (κ2) is 11.5. The van der Waals surface area contributed by atoms with Crippen LogP contribution in [0.25, 0.3) is 61.8 Å². The van der Waals surface area contributed by atoms with Crippen LogP contribution in [0.2, 0.25) is 0 Å². The van der Waals surface area contributed by atoms with Crippen LogP contribution in [0.4, 0.5) is 0 Å². The van der Waals surface area contributed by atoms with Crippen molar-refractivity contribution in [3.05, 3.63) is 152 Å². The van der Waals surface area contributed by atoms with E-state index in [1.165, 1.54) is 0 Å². The van der Waals surface area contributed by atoms with Gasteiger partial charge in [-0.1, -0.05) is 48.2 Å². The van der Waals surface area contributed by atoms with Crippen LogP contribution in [-0.2, 0) is 0 Å². The monoisotopic (exact) mass is 555 g/mol. The van der Waals surface area contributed by atoms with Crippen LogP contribution in [0, 0.1) is 0 Å². The summed E-state index contributed by atoms with van der Waals surface area (Å²) in [6.07, 6.45) is 10.6. The quantitative estimate of drug-likeness (QED) is 0.208. The van der Waals surface area contributed by atoms with Crippen molar-refractivity contribution >= 4 is 0 Å². The van der Waals surface area contributed by atoms with Crippen molar-refractivity contribution in [3.8, 4) is 67.6 Å². The molecule has 0 radical (unpaired) electrons. The molecule has 6 heteroatoms. The zero-order valence-electron chi connectivity index (χ0n) is 23.1. The Labute approximate surface area is 249 Å². The van der Waals surface area contributed by atoms with E-state index in [0.717, 1.165) is 39.3 Å².